The van der Waals surface area contributed by atoms with Crippen LogP contribution in [0.5, 0.6) is 0 Å². The number of fused-ring (bicyclic) bond motifs is 5. The minimum atomic E-state index is -0.759. The number of hydrogen-bond donors (Lipinski definition) is 1. The SMILES string of the molecule is CCCCCCCCCCC(O[C@H]1CC[C@@]2(C)C(=CC[C@H]3[C@@H]4CC[C@H]([C@H](C)CCCC(C)C)[C@@]4(C)CC[C@@H]32)C1)C(=O)O. The number of allylic oxidation sites excluding steroid dienone is 1. The van der Waals surface area contributed by atoms with Crippen LogP contribution in [0.1, 0.15) is 170 Å². The van der Waals surface area contributed by atoms with E-state index in [4.69, 9.17) is 4.74 Å². The maximum atomic E-state index is 12.1. The van der Waals surface area contributed by atoms with E-state index in [0.717, 1.165) is 61.2 Å². The van der Waals surface area contributed by atoms with E-state index in [1.165, 1.54) is 96.3 Å². The van der Waals surface area contributed by atoms with Crippen molar-refractivity contribution in [2.45, 2.75) is 182 Å². The molecule has 4 aliphatic carbocycles. The van der Waals surface area contributed by atoms with Gasteiger partial charge in [-0.15, -0.1) is 0 Å². The highest BCUT2D eigenvalue weighted by Crippen LogP contribution is 2.67. The number of aliphatic carboxylic acids is 1. The Morgan fingerprint density at radius 2 is 1.60 bits per heavy atom. The van der Waals surface area contributed by atoms with Crippen molar-refractivity contribution >= 4 is 5.97 Å². The fraction of sp³-hybridized carbons (Fsp3) is 0.923. The van der Waals surface area contributed by atoms with E-state index in [9.17, 15) is 9.90 Å². The summed E-state index contributed by atoms with van der Waals surface area (Å²) in [4.78, 5) is 12.1. The molecule has 0 bridgehead atoms. The summed E-state index contributed by atoms with van der Waals surface area (Å²) < 4.78 is 6.37. The molecule has 3 nitrogen and oxygen atoms in total. The minimum absolute atomic E-state index is 0.0763. The third kappa shape index (κ3) is 7.87. The minimum Gasteiger partial charge on any atom is -0.479 e. The number of hydrogen-bond acceptors (Lipinski definition) is 2. The first-order valence-electron chi connectivity index (χ1n) is 18.7. The summed E-state index contributed by atoms with van der Waals surface area (Å²) in [5.74, 6) is 4.38. The molecule has 0 radical (unpaired) electrons. The second-order valence-corrected chi connectivity index (χ2v) is 16.4. The fourth-order valence-corrected chi connectivity index (χ4v) is 10.7. The Hall–Kier alpha value is -0.830. The van der Waals surface area contributed by atoms with Crippen LogP contribution < -0.4 is 0 Å². The van der Waals surface area contributed by atoms with Gasteiger partial charge in [0.05, 0.1) is 6.10 Å². The summed E-state index contributed by atoms with van der Waals surface area (Å²) in [5.41, 5.74) is 2.43. The first-order valence-corrected chi connectivity index (χ1v) is 18.7. The lowest BCUT2D eigenvalue weighted by Gasteiger charge is -2.58. The Bertz CT molecular complexity index is 877. The van der Waals surface area contributed by atoms with Crippen LogP contribution >= 0.6 is 0 Å². The van der Waals surface area contributed by atoms with Gasteiger partial charge in [-0.3, -0.25) is 0 Å². The largest absolute Gasteiger partial charge is 0.479 e. The Morgan fingerprint density at radius 1 is 0.881 bits per heavy atom. The summed E-state index contributed by atoms with van der Waals surface area (Å²) in [6, 6.07) is 0. The lowest BCUT2D eigenvalue weighted by atomic mass is 9.47. The molecule has 242 valence electrons. The zero-order valence-electron chi connectivity index (χ0n) is 28.6. The first kappa shape index (κ1) is 34.1. The third-order valence-electron chi connectivity index (χ3n) is 13.2. The second kappa shape index (κ2) is 15.4. The van der Waals surface area contributed by atoms with Gasteiger partial charge in [0.2, 0.25) is 0 Å². The molecule has 1 unspecified atom stereocenters. The predicted octanol–water partition coefficient (Wildman–Crippen LogP) is 11.4. The van der Waals surface area contributed by atoms with Crippen molar-refractivity contribution in [3.63, 3.8) is 0 Å². The van der Waals surface area contributed by atoms with Crippen molar-refractivity contribution in [2.24, 2.45) is 46.3 Å². The van der Waals surface area contributed by atoms with Gasteiger partial charge in [-0.25, -0.2) is 4.79 Å². The topological polar surface area (TPSA) is 46.5 Å². The molecule has 3 saturated carbocycles. The Labute approximate surface area is 260 Å². The van der Waals surface area contributed by atoms with E-state index in [1.807, 2.05) is 0 Å². The summed E-state index contributed by atoms with van der Waals surface area (Å²) in [6.45, 7) is 14.8. The molecule has 0 aliphatic heterocycles. The Morgan fingerprint density at radius 3 is 2.29 bits per heavy atom. The number of rotatable bonds is 17. The van der Waals surface area contributed by atoms with Crippen LogP contribution in [-0.4, -0.2) is 23.3 Å². The van der Waals surface area contributed by atoms with Crippen LogP contribution in [0.2, 0.25) is 0 Å². The van der Waals surface area contributed by atoms with Crippen LogP contribution in [0.3, 0.4) is 0 Å². The van der Waals surface area contributed by atoms with E-state index in [2.05, 4.69) is 47.6 Å². The molecule has 0 aromatic rings. The van der Waals surface area contributed by atoms with Crippen molar-refractivity contribution in [1.82, 2.24) is 0 Å². The van der Waals surface area contributed by atoms with Crippen LogP contribution in [0.4, 0.5) is 0 Å². The third-order valence-corrected chi connectivity index (χ3v) is 13.2. The summed E-state index contributed by atoms with van der Waals surface area (Å²) in [5, 5.41) is 9.95. The van der Waals surface area contributed by atoms with Gasteiger partial charge in [0, 0.05) is 0 Å². The predicted molar refractivity (Wildman–Crippen MR) is 177 cm³/mol. The van der Waals surface area contributed by atoms with Gasteiger partial charge >= 0.3 is 5.97 Å². The smallest absolute Gasteiger partial charge is 0.332 e. The molecule has 0 aromatic heterocycles. The number of carbonyl (C=O) groups is 1. The van der Waals surface area contributed by atoms with E-state index in [0.29, 0.717) is 17.3 Å². The van der Waals surface area contributed by atoms with E-state index >= 15 is 0 Å². The molecule has 3 fully saturated rings. The Balaban J connectivity index is 1.30. The number of carboxylic acid groups (broad SMARTS) is 1. The summed E-state index contributed by atoms with van der Waals surface area (Å²) in [6.07, 6.45) is 26.9. The van der Waals surface area contributed by atoms with Crippen LogP contribution in [0.25, 0.3) is 0 Å². The second-order valence-electron chi connectivity index (χ2n) is 16.4. The molecule has 1 N–H and O–H groups in total. The van der Waals surface area contributed by atoms with E-state index < -0.39 is 12.1 Å². The number of ether oxygens (including phenoxy) is 1. The maximum absolute atomic E-state index is 12.1. The highest BCUT2D eigenvalue weighted by atomic mass is 16.5. The highest BCUT2D eigenvalue weighted by molar-refractivity contribution is 5.72. The van der Waals surface area contributed by atoms with Gasteiger partial charge in [0.25, 0.3) is 0 Å². The molecule has 3 heteroatoms. The van der Waals surface area contributed by atoms with E-state index in [-0.39, 0.29) is 6.10 Å². The van der Waals surface area contributed by atoms with Gasteiger partial charge in [0.1, 0.15) is 0 Å². The van der Waals surface area contributed by atoms with Gasteiger partial charge in [-0.1, -0.05) is 124 Å². The van der Waals surface area contributed by atoms with Gasteiger partial charge in [0.15, 0.2) is 6.10 Å². The summed E-state index contributed by atoms with van der Waals surface area (Å²) in [7, 11) is 0. The molecular weight excluding hydrogens is 516 g/mol. The molecule has 0 aromatic carbocycles. The van der Waals surface area contributed by atoms with Crippen LogP contribution in [0, 0.1) is 46.3 Å². The van der Waals surface area contributed by atoms with E-state index in [1.54, 1.807) is 5.57 Å². The Kier molecular flexibility index (Phi) is 12.5. The number of carboxylic acids is 1. The van der Waals surface area contributed by atoms with Crippen LogP contribution in [-0.2, 0) is 9.53 Å². The average Bonchev–Trinajstić information content (AvgIpc) is 3.31. The lowest BCUT2D eigenvalue weighted by molar-refractivity contribution is -0.157. The van der Waals surface area contributed by atoms with Crippen molar-refractivity contribution < 1.29 is 14.6 Å². The molecule has 4 aliphatic rings. The monoisotopic (exact) mass is 585 g/mol. The highest BCUT2D eigenvalue weighted by Gasteiger charge is 2.59. The molecule has 42 heavy (non-hydrogen) atoms. The normalized spacial score (nSPS) is 35.7. The zero-order chi connectivity index (χ0) is 30.3. The molecule has 0 heterocycles. The van der Waals surface area contributed by atoms with Crippen molar-refractivity contribution in [3.8, 4) is 0 Å². The maximum Gasteiger partial charge on any atom is 0.332 e. The molecule has 9 atom stereocenters. The van der Waals surface area contributed by atoms with Crippen molar-refractivity contribution in [1.29, 1.82) is 0 Å². The molecule has 0 saturated heterocycles. The standard InChI is InChI=1S/C39H68O3/c1-7-8-9-10-11-12-13-14-18-36(37(40)41)42-31-23-25-38(5)30(27-31)19-20-32-34-22-21-33(29(4)17-15-16-28(2)3)39(34,6)26-24-35(32)38/h19,28-29,31-36H,7-18,20-27H2,1-6H3,(H,40,41)/t29-,31+,32+,33-,34+,35+,36?,38+,39-/m1/s1. The van der Waals surface area contributed by atoms with Gasteiger partial charge in [-0.2, -0.15) is 0 Å². The fourth-order valence-electron chi connectivity index (χ4n) is 10.7. The van der Waals surface area contributed by atoms with Crippen LogP contribution in [0.15, 0.2) is 11.6 Å². The summed E-state index contributed by atoms with van der Waals surface area (Å²) >= 11 is 0. The average molecular weight is 585 g/mol. The van der Waals surface area contributed by atoms with Gasteiger partial charge in [-0.05, 0) is 104 Å². The molecule has 0 amide bonds. The van der Waals surface area contributed by atoms with Crippen molar-refractivity contribution in [2.75, 3.05) is 0 Å². The zero-order valence-corrected chi connectivity index (χ0v) is 28.6. The number of unbranched alkanes of at least 4 members (excludes halogenated alkanes) is 7. The van der Waals surface area contributed by atoms with Gasteiger partial charge < -0.3 is 9.84 Å². The first-order chi connectivity index (χ1) is 20.1. The molecular formula is C39H68O3. The lowest BCUT2D eigenvalue weighted by Crippen LogP contribution is -2.51. The molecule has 0 spiro atoms. The quantitative estimate of drug-likeness (QED) is 0.137. The molecule has 4 rings (SSSR count). The van der Waals surface area contributed by atoms with Crippen molar-refractivity contribution in [3.05, 3.63) is 11.6 Å².